The molecule has 26 heavy (non-hydrogen) atoms. The molecule has 3 heterocycles. The molecular formula is C17H25N5O4. The number of anilines is 1. The smallest absolute Gasteiger partial charge is 0.332 e. The first-order chi connectivity index (χ1) is 12.4. The molecule has 2 aromatic heterocycles. The Balaban J connectivity index is 1.82. The van der Waals surface area contributed by atoms with Gasteiger partial charge < -0.3 is 14.6 Å². The standard InChI is InChI=1S/C17H25N5O4/c1-11(26-12(2)23)7-4-5-9-22-15(24)13-14(20(3)17(22)25)19-16-18-8-6-10-21(13)16/h11H,4-10H2,1-3H3,(H,18,19)/t11-/m1/s1. The highest BCUT2D eigenvalue weighted by molar-refractivity contribution is 5.74. The normalized spacial score (nSPS) is 14.7. The molecule has 1 aliphatic heterocycles. The van der Waals surface area contributed by atoms with E-state index in [0.717, 1.165) is 19.4 Å². The van der Waals surface area contributed by atoms with Gasteiger partial charge in [0.25, 0.3) is 5.56 Å². The van der Waals surface area contributed by atoms with Gasteiger partial charge in [-0.2, -0.15) is 4.98 Å². The first kappa shape index (κ1) is 18.2. The molecule has 0 unspecified atom stereocenters. The van der Waals surface area contributed by atoms with Crippen molar-refractivity contribution in [2.24, 2.45) is 7.05 Å². The molecule has 0 aliphatic carbocycles. The molecule has 0 bridgehead atoms. The van der Waals surface area contributed by atoms with Crippen molar-refractivity contribution < 1.29 is 9.53 Å². The van der Waals surface area contributed by atoms with Crippen LogP contribution < -0.4 is 16.6 Å². The molecule has 0 aromatic carbocycles. The number of esters is 1. The maximum Gasteiger partial charge on any atom is 0.332 e. The van der Waals surface area contributed by atoms with Crippen LogP contribution in [0.5, 0.6) is 0 Å². The second kappa shape index (κ2) is 7.35. The zero-order valence-corrected chi connectivity index (χ0v) is 15.4. The summed E-state index contributed by atoms with van der Waals surface area (Å²) >= 11 is 0. The Labute approximate surface area is 150 Å². The van der Waals surface area contributed by atoms with E-state index in [0.29, 0.717) is 43.0 Å². The van der Waals surface area contributed by atoms with Crippen LogP contribution in [0.25, 0.3) is 11.2 Å². The van der Waals surface area contributed by atoms with E-state index in [9.17, 15) is 14.4 Å². The van der Waals surface area contributed by atoms with E-state index in [2.05, 4.69) is 10.3 Å². The molecule has 2 aromatic rings. The number of aryl methyl sites for hydroxylation is 2. The van der Waals surface area contributed by atoms with Crippen LogP contribution in [-0.4, -0.2) is 37.3 Å². The summed E-state index contributed by atoms with van der Waals surface area (Å²) in [6.45, 7) is 5.08. The number of hydrogen-bond acceptors (Lipinski definition) is 6. The number of unbranched alkanes of at least 4 members (excludes halogenated alkanes) is 1. The van der Waals surface area contributed by atoms with Gasteiger partial charge in [0.1, 0.15) is 0 Å². The highest BCUT2D eigenvalue weighted by Crippen LogP contribution is 2.19. The van der Waals surface area contributed by atoms with E-state index < -0.39 is 0 Å². The van der Waals surface area contributed by atoms with Crippen LogP contribution in [0.2, 0.25) is 0 Å². The van der Waals surface area contributed by atoms with E-state index in [1.165, 1.54) is 16.1 Å². The van der Waals surface area contributed by atoms with E-state index in [1.807, 2.05) is 11.5 Å². The average Bonchev–Trinajstić information content (AvgIpc) is 2.98. The molecule has 9 heteroatoms. The van der Waals surface area contributed by atoms with E-state index in [1.54, 1.807) is 7.05 Å². The largest absolute Gasteiger partial charge is 0.463 e. The molecule has 142 valence electrons. The maximum atomic E-state index is 12.9. The maximum absolute atomic E-state index is 12.9. The highest BCUT2D eigenvalue weighted by atomic mass is 16.5. The molecular weight excluding hydrogens is 338 g/mol. The van der Waals surface area contributed by atoms with Gasteiger partial charge in [0.2, 0.25) is 5.95 Å². The fraction of sp³-hybridized carbons (Fsp3) is 0.647. The molecule has 9 nitrogen and oxygen atoms in total. The van der Waals surface area contributed by atoms with Gasteiger partial charge in [-0.1, -0.05) is 0 Å². The third-order valence-corrected chi connectivity index (χ3v) is 4.68. The lowest BCUT2D eigenvalue weighted by Crippen LogP contribution is -2.39. The van der Waals surface area contributed by atoms with E-state index in [-0.39, 0.29) is 23.3 Å². The van der Waals surface area contributed by atoms with Gasteiger partial charge >= 0.3 is 11.7 Å². The number of fused-ring (bicyclic) bond motifs is 3. The predicted molar refractivity (Wildman–Crippen MR) is 97.4 cm³/mol. The van der Waals surface area contributed by atoms with Crippen LogP contribution in [0.4, 0.5) is 5.95 Å². The number of carbonyl (C=O) groups is 1. The summed E-state index contributed by atoms with van der Waals surface area (Å²) in [6, 6.07) is 0. The lowest BCUT2D eigenvalue weighted by atomic mass is 10.2. The lowest BCUT2D eigenvalue weighted by molar-refractivity contribution is -0.145. The summed E-state index contributed by atoms with van der Waals surface area (Å²) in [6.07, 6.45) is 2.86. The molecule has 3 rings (SSSR count). The highest BCUT2D eigenvalue weighted by Gasteiger charge is 2.21. The SMILES string of the molecule is CC(=O)O[C@H](C)CCCCn1c(=O)c2c(nc3n2CCCN3)n(C)c1=O. The monoisotopic (exact) mass is 363 g/mol. The second-order valence-electron chi connectivity index (χ2n) is 6.75. The van der Waals surface area contributed by atoms with Crippen LogP contribution in [0, 0.1) is 0 Å². The molecule has 0 saturated heterocycles. The predicted octanol–water partition coefficient (Wildman–Crippen LogP) is 0.834. The number of hydrogen-bond donors (Lipinski definition) is 1. The minimum Gasteiger partial charge on any atom is -0.463 e. The summed E-state index contributed by atoms with van der Waals surface area (Å²) in [5.74, 6) is 0.346. The fourth-order valence-corrected chi connectivity index (χ4v) is 3.40. The third-order valence-electron chi connectivity index (χ3n) is 4.68. The minimum absolute atomic E-state index is 0.164. The molecule has 0 radical (unpaired) electrons. The zero-order chi connectivity index (χ0) is 18.8. The third kappa shape index (κ3) is 3.38. The molecule has 0 spiro atoms. The average molecular weight is 363 g/mol. The van der Waals surface area contributed by atoms with Crippen molar-refractivity contribution in [2.45, 2.75) is 58.7 Å². The zero-order valence-electron chi connectivity index (χ0n) is 15.4. The Bertz CT molecular complexity index is 939. The van der Waals surface area contributed by atoms with Crippen molar-refractivity contribution in [3.05, 3.63) is 20.8 Å². The molecule has 1 aliphatic rings. The molecule has 1 N–H and O–H groups in total. The Morgan fingerprint density at radius 3 is 2.85 bits per heavy atom. The van der Waals surface area contributed by atoms with Gasteiger partial charge in [0.05, 0.1) is 6.10 Å². The Morgan fingerprint density at radius 2 is 2.12 bits per heavy atom. The summed E-state index contributed by atoms with van der Waals surface area (Å²) in [5, 5.41) is 3.17. The van der Waals surface area contributed by atoms with Crippen LogP contribution in [0.15, 0.2) is 9.59 Å². The number of rotatable bonds is 6. The molecule has 1 atom stereocenters. The van der Waals surface area contributed by atoms with Crippen molar-refractivity contribution in [3.8, 4) is 0 Å². The molecule has 0 saturated carbocycles. The van der Waals surface area contributed by atoms with Crippen molar-refractivity contribution in [1.82, 2.24) is 18.7 Å². The Hall–Kier alpha value is -2.58. The van der Waals surface area contributed by atoms with Gasteiger partial charge in [0, 0.05) is 33.6 Å². The topological polar surface area (TPSA) is 100 Å². The number of nitrogens with zero attached hydrogens (tertiary/aromatic N) is 4. The summed E-state index contributed by atoms with van der Waals surface area (Å²) in [5.41, 5.74) is 0.247. The van der Waals surface area contributed by atoms with Crippen LogP contribution in [0.1, 0.15) is 39.5 Å². The number of nitrogens with one attached hydrogen (secondary N) is 1. The van der Waals surface area contributed by atoms with Gasteiger partial charge in [-0.3, -0.25) is 18.7 Å². The Kier molecular flexibility index (Phi) is 5.15. The van der Waals surface area contributed by atoms with E-state index in [4.69, 9.17) is 4.74 Å². The van der Waals surface area contributed by atoms with Crippen molar-refractivity contribution >= 4 is 23.1 Å². The van der Waals surface area contributed by atoms with Crippen molar-refractivity contribution in [2.75, 3.05) is 11.9 Å². The molecule has 0 fully saturated rings. The van der Waals surface area contributed by atoms with Gasteiger partial charge in [0.15, 0.2) is 11.2 Å². The first-order valence-electron chi connectivity index (χ1n) is 9.01. The van der Waals surface area contributed by atoms with Gasteiger partial charge in [-0.15, -0.1) is 0 Å². The number of aromatic nitrogens is 4. The number of ether oxygens (including phenoxy) is 1. The van der Waals surface area contributed by atoms with Crippen LogP contribution in [-0.2, 0) is 29.7 Å². The lowest BCUT2D eigenvalue weighted by Gasteiger charge is -2.16. The van der Waals surface area contributed by atoms with E-state index >= 15 is 0 Å². The Morgan fingerprint density at radius 1 is 1.35 bits per heavy atom. The number of imidazole rings is 1. The van der Waals surface area contributed by atoms with Gasteiger partial charge in [-0.25, -0.2) is 4.79 Å². The minimum atomic E-state index is -0.356. The quantitative estimate of drug-likeness (QED) is 0.603. The van der Waals surface area contributed by atoms with Crippen molar-refractivity contribution in [1.29, 1.82) is 0 Å². The second-order valence-corrected chi connectivity index (χ2v) is 6.75. The van der Waals surface area contributed by atoms with Crippen molar-refractivity contribution in [3.63, 3.8) is 0 Å². The van der Waals surface area contributed by atoms with Crippen LogP contribution in [0.3, 0.4) is 0 Å². The number of carbonyl (C=O) groups excluding carboxylic acids is 1. The van der Waals surface area contributed by atoms with Gasteiger partial charge in [-0.05, 0) is 32.6 Å². The summed E-state index contributed by atoms with van der Waals surface area (Å²) < 4.78 is 9.66. The summed E-state index contributed by atoms with van der Waals surface area (Å²) in [4.78, 5) is 40.8. The summed E-state index contributed by atoms with van der Waals surface area (Å²) in [7, 11) is 1.64. The molecule has 0 amide bonds. The first-order valence-corrected chi connectivity index (χ1v) is 9.01. The fourth-order valence-electron chi connectivity index (χ4n) is 3.40. The van der Waals surface area contributed by atoms with Crippen LogP contribution >= 0.6 is 0 Å².